The summed E-state index contributed by atoms with van der Waals surface area (Å²) in [6.45, 7) is 10.4. The van der Waals surface area contributed by atoms with Crippen LogP contribution in [0.25, 0.3) is 4.96 Å². The lowest BCUT2D eigenvalue weighted by Gasteiger charge is -2.26. The van der Waals surface area contributed by atoms with E-state index in [9.17, 15) is 0 Å². The van der Waals surface area contributed by atoms with Crippen molar-refractivity contribution in [3.63, 3.8) is 0 Å². The van der Waals surface area contributed by atoms with Crippen LogP contribution in [0.2, 0.25) is 0 Å². The molecule has 0 radical (unpaired) electrons. The Morgan fingerprint density at radius 1 is 1.33 bits per heavy atom. The van der Waals surface area contributed by atoms with Gasteiger partial charge >= 0.3 is 0 Å². The maximum absolute atomic E-state index is 4.68. The molecule has 0 amide bonds. The van der Waals surface area contributed by atoms with Crippen LogP contribution in [0.15, 0.2) is 6.20 Å². The van der Waals surface area contributed by atoms with Crippen LogP contribution >= 0.6 is 11.3 Å². The van der Waals surface area contributed by atoms with Crippen LogP contribution in [-0.2, 0) is 19.5 Å². The highest BCUT2D eigenvalue weighted by atomic mass is 32.1. The van der Waals surface area contributed by atoms with Gasteiger partial charge in [-0.25, -0.2) is 4.98 Å². The Bertz CT molecular complexity index is 871. The van der Waals surface area contributed by atoms with Gasteiger partial charge in [0.15, 0.2) is 4.96 Å². The molecule has 6 nitrogen and oxygen atoms in total. The molecule has 3 aromatic heterocycles. The lowest BCUT2D eigenvalue weighted by atomic mass is 10.1. The number of aromatic nitrogens is 5. The first-order chi connectivity index (χ1) is 11.5. The number of hydrogen-bond donors (Lipinski definition) is 1. The van der Waals surface area contributed by atoms with Gasteiger partial charge in [-0.05, 0) is 20.3 Å². The zero-order valence-electron chi connectivity index (χ0n) is 14.7. The molecule has 4 heterocycles. The number of imidazole rings is 1. The SMILES string of the molecule is Cc1cn2c(CNC3CCc4nnc(C(C)C)n4C3)c(C)nc2s1. The maximum Gasteiger partial charge on any atom is 0.194 e. The summed E-state index contributed by atoms with van der Waals surface area (Å²) in [6, 6.07) is 0.454. The van der Waals surface area contributed by atoms with Crippen molar-refractivity contribution in [1.29, 1.82) is 0 Å². The van der Waals surface area contributed by atoms with E-state index in [0.717, 1.165) is 48.2 Å². The van der Waals surface area contributed by atoms with Gasteiger partial charge < -0.3 is 9.88 Å². The van der Waals surface area contributed by atoms with E-state index in [1.807, 2.05) is 0 Å². The zero-order chi connectivity index (χ0) is 16.8. The molecular formula is C17H24N6S. The zero-order valence-corrected chi connectivity index (χ0v) is 15.5. The van der Waals surface area contributed by atoms with E-state index in [4.69, 9.17) is 0 Å². The molecule has 0 spiro atoms. The van der Waals surface area contributed by atoms with Gasteiger partial charge in [0.05, 0.1) is 11.4 Å². The van der Waals surface area contributed by atoms with Gasteiger partial charge in [-0.15, -0.1) is 21.5 Å². The highest BCUT2D eigenvalue weighted by Crippen LogP contribution is 2.22. The first-order valence-electron chi connectivity index (χ1n) is 8.62. The number of nitrogens with one attached hydrogen (secondary N) is 1. The molecule has 0 saturated carbocycles. The second kappa shape index (κ2) is 5.97. The predicted octanol–water partition coefficient (Wildman–Crippen LogP) is 2.83. The molecule has 1 atom stereocenters. The van der Waals surface area contributed by atoms with E-state index in [1.54, 1.807) is 11.3 Å². The molecular weight excluding hydrogens is 320 g/mol. The Hall–Kier alpha value is -1.73. The van der Waals surface area contributed by atoms with Crippen molar-refractivity contribution in [2.75, 3.05) is 0 Å². The number of rotatable bonds is 4. The van der Waals surface area contributed by atoms with Crippen LogP contribution in [0.1, 0.15) is 54.1 Å². The van der Waals surface area contributed by atoms with E-state index >= 15 is 0 Å². The van der Waals surface area contributed by atoms with Crippen molar-refractivity contribution in [3.8, 4) is 0 Å². The number of nitrogens with zero attached hydrogens (tertiary/aromatic N) is 5. The van der Waals surface area contributed by atoms with Gasteiger partial charge in [-0.2, -0.15) is 0 Å². The molecule has 4 rings (SSSR count). The third kappa shape index (κ3) is 2.65. The molecule has 0 saturated heterocycles. The highest BCUT2D eigenvalue weighted by molar-refractivity contribution is 7.17. The molecule has 0 aliphatic carbocycles. The Morgan fingerprint density at radius 2 is 2.17 bits per heavy atom. The molecule has 1 unspecified atom stereocenters. The van der Waals surface area contributed by atoms with Gasteiger partial charge in [-0.3, -0.25) is 4.40 Å². The average molecular weight is 344 g/mol. The summed E-state index contributed by atoms with van der Waals surface area (Å²) >= 11 is 1.75. The van der Waals surface area contributed by atoms with Crippen molar-refractivity contribution in [2.45, 2.75) is 65.6 Å². The molecule has 1 aliphatic heterocycles. The summed E-state index contributed by atoms with van der Waals surface area (Å²) in [5.41, 5.74) is 2.39. The van der Waals surface area contributed by atoms with Gasteiger partial charge in [0.2, 0.25) is 0 Å². The minimum Gasteiger partial charge on any atom is -0.313 e. The fourth-order valence-corrected chi connectivity index (χ4v) is 4.39. The monoisotopic (exact) mass is 344 g/mol. The van der Waals surface area contributed by atoms with Gasteiger partial charge in [-0.1, -0.05) is 13.8 Å². The fraction of sp³-hybridized carbons (Fsp3) is 0.588. The second-order valence-corrected chi connectivity index (χ2v) is 8.21. The maximum atomic E-state index is 4.68. The van der Waals surface area contributed by atoms with Gasteiger partial charge in [0.1, 0.15) is 11.6 Å². The van der Waals surface area contributed by atoms with Crippen LogP contribution in [0, 0.1) is 13.8 Å². The smallest absolute Gasteiger partial charge is 0.194 e. The number of thiazole rings is 1. The van der Waals surface area contributed by atoms with E-state index < -0.39 is 0 Å². The summed E-state index contributed by atoms with van der Waals surface area (Å²) in [4.78, 5) is 7.07. The van der Waals surface area contributed by atoms with Crippen LogP contribution < -0.4 is 5.32 Å². The summed E-state index contributed by atoms with van der Waals surface area (Å²) in [5, 5.41) is 12.5. The van der Waals surface area contributed by atoms with Crippen molar-refractivity contribution >= 4 is 16.3 Å². The molecule has 1 aliphatic rings. The van der Waals surface area contributed by atoms with E-state index in [-0.39, 0.29) is 0 Å². The molecule has 1 N–H and O–H groups in total. The molecule has 7 heteroatoms. The van der Waals surface area contributed by atoms with Crippen LogP contribution in [-0.4, -0.2) is 30.2 Å². The average Bonchev–Trinajstić information content (AvgIpc) is 3.17. The molecule has 0 aromatic carbocycles. The van der Waals surface area contributed by atoms with Crippen molar-refractivity contribution in [3.05, 3.63) is 34.1 Å². The third-order valence-corrected chi connectivity index (χ3v) is 5.69. The highest BCUT2D eigenvalue weighted by Gasteiger charge is 2.24. The lowest BCUT2D eigenvalue weighted by molar-refractivity contribution is 0.368. The molecule has 0 bridgehead atoms. The van der Waals surface area contributed by atoms with Crippen LogP contribution in [0.3, 0.4) is 0 Å². The van der Waals surface area contributed by atoms with Crippen molar-refractivity contribution in [2.24, 2.45) is 0 Å². The van der Waals surface area contributed by atoms with Crippen LogP contribution in [0.4, 0.5) is 0 Å². The number of fused-ring (bicyclic) bond motifs is 2. The van der Waals surface area contributed by atoms with E-state index in [2.05, 4.69) is 63.4 Å². The Labute approximate surface area is 145 Å². The molecule has 24 heavy (non-hydrogen) atoms. The first kappa shape index (κ1) is 15.8. The Morgan fingerprint density at radius 3 is 2.96 bits per heavy atom. The lowest BCUT2D eigenvalue weighted by Crippen LogP contribution is -2.38. The van der Waals surface area contributed by atoms with E-state index in [1.165, 1.54) is 10.6 Å². The van der Waals surface area contributed by atoms with E-state index in [0.29, 0.717) is 12.0 Å². The summed E-state index contributed by atoms with van der Waals surface area (Å²) in [5.74, 6) is 2.65. The van der Waals surface area contributed by atoms with Gasteiger partial charge in [0.25, 0.3) is 0 Å². The van der Waals surface area contributed by atoms with Gasteiger partial charge in [0, 0.05) is 42.5 Å². The Balaban J connectivity index is 1.50. The quantitative estimate of drug-likeness (QED) is 0.791. The minimum absolute atomic E-state index is 0.412. The third-order valence-electron chi connectivity index (χ3n) is 4.79. The van der Waals surface area contributed by atoms with Crippen molar-refractivity contribution < 1.29 is 0 Å². The first-order valence-corrected chi connectivity index (χ1v) is 9.44. The predicted molar refractivity (Wildman–Crippen MR) is 95.6 cm³/mol. The van der Waals surface area contributed by atoms with Crippen molar-refractivity contribution in [1.82, 2.24) is 29.5 Å². The normalized spacial score (nSPS) is 17.8. The number of hydrogen-bond acceptors (Lipinski definition) is 5. The minimum atomic E-state index is 0.412. The van der Waals surface area contributed by atoms with Crippen LogP contribution in [0.5, 0.6) is 0 Å². The summed E-state index contributed by atoms with van der Waals surface area (Å²) < 4.78 is 4.54. The second-order valence-electron chi connectivity index (χ2n) is 6.99. The molecule has 128 valence electrons. The molecule has 3 aromatic rings. The largest absolute Gasteiger partial charge is 0.313 e. The topological polar surface area (TPSA) is 60.0 Å². The summed E-state index contributed by atoms with van der Waals surface area (Å²) in [7, 11) is 0. The number of aryl methyl sites for hydroxylation is 3. The fourth-order valence-electron chi connectivity index (χ4n) is 3.50. The molecule has 0 fully saturated rings. The Kier molecular flexibility index (Phi) is 3.92. The summed E-state index contributed by atoms with van der Waals surface area (Å²) in [6.07, 6.45) is 4.29. The standard InChI is InChI=1S/C17H24N6S/c1-10(2)16-21-20-15-6-5-13(9-23(15)16)18-7-14-12(4)19-17-22(14)8-11(3)24-17/h8,10,13,18H,5-7,9H2,1-4H3.